The van der Waals surface area contributed by atoms with Crippen LogP contribution in [0.2, 0.25) is 0 Å². The van der Waals surface area contributed by atoms with Gasteiger partial charge in [0, 0.05) is 24.3 Å². The number of nitrogens with two attached hydrogens (primary N) is 1. The number of hydrogen-bond acceptors (Lipinski definition) is 2. The molecule has 2 nitrogen and oxygen atoms in total. The fourth-order valence-electron chi connectivity index (χ4n) is 2.35. The van der Waals surface area contributed by atoms with E-state index in [1.165, 1.54) is 30.5 Å². The second-order valence-corrected chi connectivity index (χ2v) is 5.65. The average molecular weight is 262 g/mol. The molecule has 0 heterocycles. The number of unbranched alkanes of at least 4 members (excludes halogenated alkanes) is 1. The van der Waals surface area contributed by atoms with Crippen LogP contribution in [0.3, 0.4) is 0 Å². The first kappa shape index (κ1) is 16.0. The van der Waals surface area contributed by atoms with Gasteiger partial charge in [-0.1, -0.05) is 32.4 Å². The predicted octanol–water partition coefficient (Wildman–Crippen LogP) is 3.98. The predicted molar refractivity (Wildman–Crippen MR) is 85.8 cm³/mol. The SMILES string of the molecule is CCCCN(c1ccc(CC(C)N)cc1)C(C)CC. The second kappa shape index (κ2) is 8.21. The summed E-state index contributed by atoms with van der Waals surface area (Å²) in [5.74, 6) is 0. The molecule has 2 atom stereocenters. The molecule has 0 radical (unpaired) electrons. The van der Waals surface area contributed by atoms with Crippen molar-refractivity contribution >= 4 is 5.69 Å². The van der Waals surface area contributed by atoms with Crippen LogP contribution in [0, 0.1) is 0 Å². The summed E-state index contributed by atoms with van der Waals surface area (Å²) < 4.78 is 0. The Morgan fingerprint density at radius 2 is 1.74 bits per heavy atom. The molecule has 0 fully saturated rings. The van der Waals surface area contributed by atoms with E-state index in [-0.39, 0.29) is 6.04 Å². The Labute approximate surface area is 119 Å². The van der Waals surface area contributed by atoms with Crippen molar-refractivity contribution in [2.75, 3.05) is 11.4 Å². The van der Waals surface area contributed by atoms with E-state index < -0.39 is 0 Å². The van der Waals surface area contributed by atoms with Gasteiger partial charge in [-0.25, -0.2) is 0 Å². The number of rotatable bonds is 8. The molecule has 2 unspecified atom stereocenters. The molecule has 0 aliphatic rings. The lowest BCUT2D eigenvalue weighted by Crippen LogP contribution is -2.33. The Bertz CT molecular complexity index is 343. The molecule has 0 aliphatic carbocycles. The van der Waals surface area contributed by atoms with E-state index in [9.17, 15) is 0 Å². The number of hydrogen-bond donors (Lipinski definition) is 1. The molecule has 1 aromatic rings. The van der Waals surface area contributed by atoms with Crippen LogP contribution in [0.5, 0.6) is 0 Å². The number of anilines is 1. The smallest absolute Gasteiger partial charge is 0.0368 e. The third-order valence-electron chi connectivity index (χ3n) is 3.70. The molecule has 2 heteroatoms. The topological polar surface area (TPSA) is 29.3 Å². The monoisotopic (exact) mass is 262 g/mol. The highest BCUT2D eigenvalue weighted by molar-refractivity contribution is 5.48. The van der Waals surface area contributed by atoms with E-state index in [1.54, 1.807) is 0 Å². The lowest BCUT2D eigenvalue weighted by molar-refractivity contribution is 0.595. The molecule has 0 saturated carbocycles. The Balaban J connectivity index is 2.78. The summed E-state index contributed by atoms with van der Waals surface area (Å²) in [7, 11) is 0. The lowest BCUT2D eigenvalue weighted by Gasteiger charge is -2.31. The van der Waals surface area contributed by atoms with Crippen LogP contribution in [0.4, 0.5) is 5.69 Å². The van der Waals surface area contributed by atoms with Gasteiger partial charge in [-0.3, -0.25) is 0 Å². The van der Waals surface area contributed by atoms with E-state index in [0.717, 1.165) is 13.0 Å². The highest BCUT2D eigenvalue weighted by Crippen LogP contribution is 2.20. The lowest BCUT2D eigenvalue weighted by atomic mass is 10.1. The fraction of sp³-hybridized carbons (Fsp3) is 0.647. The Hall–Kier alpha value is -1.02. The van der Waals surface area contributed by atoms with Gasteiger partial charge in [0.1, 0.15) is 0 Å². The van der Waals surface area contributed by atoms with Crippen LogP contribution < -0.4 is 10.6 Å². The summed E-state index contributed by atoms with van der Waals surface area (Å²) >= 11 is 0. The maximum Gasteiger partial charge on any atom is 0.0368 e. The Kier molecular flexibility index (Phi) is 6.93. The summed E-state index contributed by atoms with van der Waals surface area (Å²) in [6.45, 7) is 10.0. The molecule has 0 amide bonds. The first-order valence-electron chi connectivity index (χ1n) is 7.69. The van der Waals surface area contributed by atoms with Gasteiger partial charge in [0.25, 0.3) is 0 Å². The third kappa shape index (κ3) is 5.23. The minimum Gasteiger partial charge on any atom is -0.369 e. The average Bonchev–Trinajstić information content (AvgIpc) is 2.40. The Morgan fingerprint density at radius 3 is 2.21 bits per heavy atom. The van der Waals surface area contributed by atoms with Gasteiger partial charge in [-0.05, 0) is 50.8 Å². The van der Waals surface area contributed by atoms with Crippen molar-refractivity contribution in [1.82, 2.24) is 0 Å². The van der Waals surface area contributed by atoms with Gasteiger partial charge in [0.05, 0.1) is 0 Å². The molecule has 1 aromatic carbocycles. The van der Waals surface area contributed by atoms with E-state index >= 15 is 0 Å². The molecule has 0 saturated heterocycles. The van der Waals surface area contributed by atoms with Crippen molar-refractivity contribution in [2.24, 2.45) is 5.73 Å². The number of nitrogens with zero attached hydrogens (tertiary/aromatic N) is 1. The van der Waals surface area contributed by atoms with Gasteiger partial charge in [-0.2, -0.15) is 0 Å². The minimum atomic E-state index is 0.233. The van der Waals surface area contributed by atoms with Crippen LogP contribution in [-0.2, 0) is 6.42 Å². The first-order valence-corrected chi connectivity index (χ1v) is 7.69. The van der Waals surface area contributed by atoms with Gasteiger partial charge in [0.15, 0.2) is 0 Å². The largest absolute Gasteiger partial charge is 0.369 e. The van der Waals surface area contributed by atoms with Crippen molar-refractivity contribution in [3.8, 4) is 0 Å². The van der Waals surface area contributed by atoms with E-state index in [2.05, 4.69) is 56.9 Å². The highest BCUT2D eigenvalue weighted by atomic mass is 15.2. The van der Waals surface area contributed by atoms with Gasteiger partial charge < -0.3 is 10.6 Å². The fourth-order valence-corrected chi connectivity index (χ4v) is 2.35. The highest BCUT2D eigenvalue weighted by Gasteiger charge is 2.12. The van der Waals surface area contributed by atoms with Crippen molar-refractivity contribution in [2.45, 2.75) is 65.5 Å². The summed E-state index contributed by atoms with van der Waals surface area (Å²) in [5, 5.41) is 0. The molecule has 0 aromatic heterocycles. The minimum absolute atomic E-state index is 0.233. The van der Waals surface area contributed by atoms with E-state index in [1.807, 2.05) is 0 Å². The molecule has 0 aliphatic heterocycles. The summed E-state index contributed by atoms with van der Waals surface area (Å²) in [6, 6.07) is 9.78. The van der Waals surface area contributed by atoms with E-state index in [4.69, 9.17) is 5.73 Å². The quantitative estimate of drug-likeness (QED) is 0.768. The zero-order valence-electron chi connectivity index (χ0n) is 13.0. The maximum absolute atomic E-state index is 5.85. The summed E-state index contributed by atoms with van der Waals surface area (Å²) in [5.41, 5.74) is 8.52. The maximum atomic E-state index is 5.85. The first-order chi connectivity index (χ1) is 9.08. The molecular formula is C17H30N2. The van der Waals surface area contributed by atoms with Crippen LogP contribution >= 0.6 is 0 Å². The molecule has 0 bridgehead atoms. The normalized spacial score (nSPS) is 14.2. The second-order valence-electron chi connectivity index (χ2n) is 5.65. The Morgan fingerprint density at radius 1 is 1.11 bits per heavy atom. The van der Waals surface area contributed by atoms with Crippen molar-refractivity contribution in [1.29, 1.82) is 0 Å². The zero-order chi connectivity index (χ0) is 14.3. The van der Waals surface area contributed by atoms with Crippen molar-refractivity contribution < 1.29 is 0 Å². The van der Waals surface area contributed by atoms with Gasteiger partial charge in [-0.15, -0.1) is 0 Å². The molecule has 2 N–H and O–H groups in total. The summed E-state index contributed by atoms with van der Waals surface area (Å²) in [6.07, 6.45) is 4.64. The molecule has 108 valence electrons. The molecule has 0 spiro atoms. The number of benzene rings is 1. The molecular weight excluding hydrogens is 232 g/mol. The van der Waals surface area contributed by atoms with Crippen molar-refractivity contribution in [3.05, 3.63) is 29.8 Å². The summed E-state index contributed by atoms with van der Waals surface area (Å²) in [4.78, 5) is 2.53. The molecule has 19 heavy (non-hydrogen) atoms. The standard InChI is InChI=1S/C17H30N2/c1-5-7-12-19(15(4)6-2)17-10-8-16(9-11-17)13-14(3)18/h8-11,14-15H,5-7,12-13,18H2,1-4H3. The zero-order valence-corrected chi connectivity index (χ0v) is 13.0. The van der Waals surface area contributed by atoms with Crippen LogP contribution in [0.25, 0.3) is 0 Å². The van der Waals surface area contributed by atoms with Crippen LogP contribution in [-0.4, -0.2) is 18.6 Å². The van der Waals surface area contributed by atoms with Crippen LogP contribution in [0.1, 0.15) is 52.5 Å². The van der Waals surface area contributed by atoms with Crippen molar-refractivity contribution in [3.63, 3.8) is 0 Å². The van der Waals surface area contributed by atoms with Gasteiger partial charge >= 0.3 is 0 Å². The van der Waals surface area contributed by atoms with E-state index in [0.29, 0.717) is 6.04 Å². The van der Waals surface area contributed by atoms with Gasteiger partial charge in [0.2, 0.25) is 0 Å². The molecule has 1 rings (SSSR count). The van der Waals surface area contributed by atoms with Crippen LogP contribution in [0.15, 0.2) is 24.3 Å². The third-order valence-corrected chi connectivity index (χ3v) is 3.70.